The second-order valence-electron chi connectivity index (χ2n) is 5.96. The van der Waals surface area contributed by atoms with Gasteiger partial charge in [-0.1, -0.05) is 6.42 Å². The van der Waals surface area contributed by atoms with Crippen molar-refractivity contribution in [3.63, 3.8) is 0 Å². The van der Waals surface area contributed by atoms with E-state index in [9.17, 15) is 0 Å². The molecule has 20 heavy (non-hydrogen) atoms. The zero-order valence-electron chi connectivity index (χ0n) is 11.4. The predicted octanol–water partition coefficient (Wildman–Crippen LogP) is 2.60. The molecule has 0 radical (unpaired) electrons. The molecule has 0 amide bonds. The Kier molecular flexibility index (Phi) is 3.00. The number of nitrogens with two attached hydrogens (primary N) is 1. The van der Waals surface area contributed by atoms with Crippen molar-refractivity contribution in [2.75, 3.05) is 23.4 Å². The molecule has 2 atom stereocenters. The molecule has 6 heteroatoms. The molecule has 2 aliphatic rings. The van der Waals surface area contributed by atoms with Crippen molar-refractivity contribution in [3.8, 4) is 0 Å². The van der Waals surface area contributed by atoms with Crippen molar-refractivity contribution in [1.82, 2.24) is 9.97 Å². The van der Waals surface area contributed by atoms with E-state index in [1.807, 2.05) is 0 Å². The third-order valence-electron chi connectivity index (χ3n) is 4.58. The number of nitrogens with zero attached hydrogens (tertiary/aromatic N) is 3. The average molecular weight is 289 g/mol. The number of thiophene rings is 1. The molecule has 3 N–H and O–H groups in total. The topological polar surface area (TPSA) is 67.1 Å². The lowest BCUT2D eigenvalue weighted by Crippen LogP contribution is -2.43. The number of aromatic nitrogens is 2. The highest BCUT2D eigenvalue weighted by Gasteiger charge is 2.32. The summed E-state index contributed by atoms with van der Waals surface area (Å²) >= 11 is 1.64. The number of rotatable bonds is 2. The van der Waals surface area contributed by atoms with Crippen LogP contribution in [-0.2, 0) is 0 Å². The van der Waals surface area contributed by atoms with E-state index in [1.165, 1.54) is 25.7 Å². The Morgan fingerprint density at radius 3 is 2.80 bits per heavy atom. The van der Waals surface area contributed by atoms with Crippen LogP contribution in [0.2, 0.25) is 0 Å². The molecule has 2 bridgehead atoms. The van der Waals surface area contributed by atoms with Gasteiger partial charge in [-0.05, 0) is 42.5 Å². The maximum absolute atomic E-state index is 5.51. The highest BCUT2D eigenvalue weighted by Crippen LogP contribution is 2.38. The molecule has 0 aromatic carbocycles. The first-order chi connectivity index (χ1) is 9.83. The summed E-state index contributed by atoms with van der Waals surface area (Å²) in [6, 6.07) is 2.13. The van der Waals surface area contributed by atoms with Gasteiger partial charge in [0.25, 0.3) is 0 Å². The Morgan fingerprint density at radius 2 is 2.05 bits per heavy atom. The van der Waals surface area contributed by atoms with Crippen molar-refractivity contribution >= 4 is 33.3 Å². The molecule has 1 saturated heterocycles. The van der Waals surface area contributed by atoms with Crippen LogP contribution >= 0.6 is 11.3 Å². The minimum absolute atomic E-state index is 0.519. The molecule has 106 valence electrons. The molecule has 4 rings (SSSR count). The maximum atomic E-state index is 5.51. The smallest absolute Gasteiger partial charge is 0.240 e. The number of hydrazine groups is 1. The second-order valence-corrected chi connectivity index (χ2v) is 6.85. The number of piperidine rings is 1. The van der Waals surface area contributed by atoms with Crippen LogP contribution in [0.5, 0.6) is 0 Å². The van der Waals surface area contributed by atoms with E-state index in [-0.39, 0.29) is 0 Å². The normalized spacial score (nSPS) is 25.9. The van der Waals surface area contributed by atoms with Crippen LogP contribution in [0.4, 0.5) is 11.8 Å². The lowest BCUT2D eigenvalue weighted by Gasteiger charge is -2.42. The predicted molar refractivity (Wildman–Crippen MR) is 82.9 cm³/mol. The van der Waals surface area contributed by atoms with Crippen molar-refractivity contribution in [1.29, 1.82) is 0 Å². The van der Waals surface area contributed by atoms with Crippen molar-refractivity contribution in [3.05, 3.63) is 11.4 Å². The summed E-state index contributed by atoms with van der Waals surface area (Å²) in [6.07, 6.45) is 5.53. The van der Waals surface area contributed by atoms with Gasteiger partial charge in [-0.25, -0.2) is 10.8 Å². The first kappa shape index (κ1) is 12.3. The van der Waals surface area contributed by atoms with Gasteiger partial charge >= 0.3 is 0 Å². The van der Waals surface area contributed by atoms with E-state index in [1.54, 1.807) is 11.3 Å². The van der Waals surface area contributed by atoms with Gasteiger partial charge in [-0.3, -0.25) is 5.43 Å². The molecule has 2 fully saturated rings. The van der Waals surface area contributed by atoms with E-state index in [0.717, 1.165) is 41.0 Å². The lowest BCUT2D eigenvalue weighted by molar-refractivity contribution is 0.231. The van der Waals surface area contributed by atoms with E-state index in [0.29, 0.717) is 5.95 Å². The first-order valence-electron chi connectivity index (χ1n) is 7.30. The monoisotopic (exact) mass is 289 g/mol. The number of hydrogen-bond acceptors (Lipinski definition) is 6. The van der Waals surface area contributed by atoms with Crippen molar-refractivity contribution in [2.24, 2.45) is 17.7 Å². The Morgan fingerprint density at radius 1 is 1.25 bits per heavy atom. The van der Waals surface area contributed by atoms with Gasteiger partial charge in [-0.15, -0.1) is 11.3 Å². The van der Waals surface area contributed by atoms with Crippen LogP contribution in [0.15, 0.2) is 11.4 Å². The van der Waals surface area contributed by atoms with Crippen molar-refractivity contribution < 1.29 is 0 Å². The second kappa shape index (κ2) is 4.86. The molecule has 2 aromatic rings. The molecule has 0 spiro atoms. The zero-order chi connectivity index (χ0) is 13.5. The van der Waals surface area contributed by atoms with E-state index >= 15 is 0 Å². The Labute approximate surface area is 122 Å². The van der Waals surface area contributed by atoms with Gasteiger partial charge in [0.1, 0.15) is 10.6 Å². The molecule has 5 nitrogen and oxygen atoms in total. The van der Waals surface area contributed by atoms with E-state index < -0.39 is 0 Å². The highest BCUT2D eigenvalue weighted by molar-refractivity contribution is 7.16. The van der Waals surface area contributed by atoms with Crippen LogP contribution in [0, 0.1) is 11.8 Å². The standard InChI is InChI=1S/C14H19N5S/c15-18-14-16-12(11-4-5-20-13(11)17-14)19-7-9-2-1-3-10(6-9)8-19/h4-5,9-10H,1-3,6-8,15H2,(H,16,17,18). The van der Waals surface area contributed by atoms with Crippen molar-refractivity contribution in [2.45, 2.75) is 25.7 Å². The number of hydrogen-bond donors (Lipinski definition) is 2. The summed E-state index contributed by atoms with van der Waals surface area (Å²) in [4.78, 5) is 12.5. The van der Waals surface area contributed by atoms with Gasteiger partial charge in [0.2, 0.25) is 5.95 Å². The molecule has 1 saturated carbocycles. The minimum atomic E-state index is 0.519. The lowest BCUT2D eigenvalue weighted by atomic mass is 9.78. The van der Waals surface area contributed by atoms with E-state index in [2.05, 4.69) is 31.7 Å². The van der Waals surface area contributed by atoms with Crippen LogP contribution in [0.25, 0.3) is 10.2 Å². The Hall–Kier alpha value is -1.40. The van der Waals surface area contributed by atoms with Gasteiger partial charge in [0, 0.05) is 13.1 Å². The van der Waals surface area contributed by atoms with Gasteiger partial charge < -0.3 is 4.90 Å². The Bertz CT molecular complexity index is 613. The van der Waals surface area contributed by atoms with E-state index in [4.69, 9.17) is 5.84 Å². The molecule has 1 aliphatic carbocycles. The third-order valence-corrected chi connectivity index (χ3v) is 5.39. The molecular formula is C14H19N5S. The van der Waals surface area contributed by atoms with Gasteiger partial charge in [0.05, 0.1) is 5.39 Å². The molecule has 3 heterocycles. The third kappa shape index (κ3) is 2.03. The number of nitrogens with one attached hydrogen (secondary N) is 1. The fourth-order valence-corrected chi connectivity index (χ4v) is 4.51. The number of anilines is 2. The number of nitrogen functional groups attached to an aromatic ring is 1. The zero-order valence-corrected chi connectivity index (χ0v) is 12.2. The van der Waals surface area contributed by atoms with Crippen LogP contribution in [-0.4, -0.2) is 23.1 Å². The van der Waals surface area contributed by atoms with Gasteiger partial charge in [-0.2, -0.15) is 4.98 Å². The SMILES string of the molecule is NNc1nc(N2CC3CCCC(C3)C2)c2ccsc2n1. The summed E-state index contributed by atoms with van der Waals surface area (Å²) in [5.41, 5.74) is 2.60. The summed E-state index contributed by atoms with van der Waals surface area (Å²) in [7, 11) is 0. The Balaban J connectivity index is 1.75. The average Bonchev–Trinajstić information content (AvgIpc) is 2.94. The molecule has 2 aromatic heterocycles. The molecule has 2 unspecified atom stereocenters. The van der Waals surface area contributed by atoms with Crippen LogP contribution in [0.3, 0.4) is 0 Å². The highest BCUT2D eigenvalue weighted by atomic mass is 32.1. The number of fused-ring (bicyclic) bond motifs is 3. The molecule has 1 aliphatic heterocycles. The minimum Gasteiger partial charge on any atom is -0.355 e. The fraction of sp³-hybridized carbons (Fsp3) is 0.571. The van der Waals surface area contributed by atoms with Gasteiger partial charge in [0.15, 0.2) is 0 Å². The maximum Gasteiger partial charge on any atom is 0.240 e. The van der Waals surface area contributed by atoms with Crippen LogP contribution < -0.4 is 16.2 Å². The van der Waals surface area contributed by atoms with Crippen LogP contribution in [0.1, 0.15) is 25.7 Å². The summed E-state index contributed by atoms with van der Waals surface area (Å²) in [6.45, 7) is 2.25. The molecular weight excluding hydrogens is 270 g/mol. The summed E-state index contributed by atoms with van der Waals surface area (Å²) < 4.78 is 0. The summed E-state index contributed by atoms with van der Waals surface area (Å²) in [5.74, 6) is 8.75. The quantitative estimate of drug-likeness (QED) is 0.657. The fourth-order valence-electron chi connectivity index (χ4n) is 3.75. The first-order valence-corrected chi connectivity index (χ1v) is 8.18. The summed E-state index contributed by atoms with van der Waals surface area (Å²) in [5, 5.41) is 3.24. The largest absolute Gasteiger partial charge is 0.355 e.